The van der Waals surface area contributed by atoms with Gasteiger partial charge in [0.1, 0.15) is 11.0 Å². The zero-order chi connectivity index (χ0) is 21.3. The molecule has 0 amide bonds. The Labute approximate surface area is 178 Å². The molecule has 1 aromatic heterocycles. The van der Waals surface area contributed by atoms with Gasteiger partial charge in [-0.1, -0.05) is 32.0 Å². The summed E-state index contributed by atoms with van der Waals surface area (Å²) < 4.78 is 31.1. The summed E-state index contributed by atoms with van der Waals surface area (Å²) in [6.07, 6.45) is 4.99. The number of allylic oxidation sites excluding steroid dienone is 1. The van der Waals surface area contributed by atoms with Gasteiger partial charge >= 0.3 is 0 Å². The lowest BCUT2D eigenvalue weighted by Crippen LogP contribution is -2.19. The van der Waals surface area contributed by atoms with Crippen LogP contribution in [0.3, 0.4) is 0 Å². The Balaban J connectivity index is 1.61. The topological polar surface area (TPSA) is 76.5 Å². The van der Waals surface area contributed by atoms with Gasteiger partial charge in [-0.2, -0.15) is 0 Å². The highest BCUT2D eigenvalue weighted by molar-refractivity contribution is 7.92. The third kappa shape index (κ3) is 4.20. The van der Waals surface area contributed by atoms with Gasteiger partial charge in [-0.15, -0.1) is 0 Å². The van der Waals surface area contributed by atoms with Gasteiger partial charge in [0.25, 0.3) is 0 Å². The number of aromatic nitrogens is 1. The van der Waals surface area contributed by atoms with Crippen molar-refractivity contribution in [3.8, 4) is 5.75 Å². The molecular weight excluding hydrogens is 398 g/mol. The van der Waals surface area contributed by atoms with Gasteiger partial charge in [0.05, 0.1) is 24.2 Å². The highest BCUT2D eigenvalue weighted by Gasteiger charge is 2.47. The molecule has 2 aromatic rings. The Bertz CT molecular complexity index is 1090. The zero-order valence-corrected chi connectivity index (χ0v) is 18.1. The molecule has 2 atom stereocenters. The molecular formula is C24H27NO4S. The van der Waals surface area contributed by atoms with E-state index in [1.165, 1.54) is 0 Å². The van der Waals surface area contributed by atoms with E-state index in [-0.39, 0.29) is 30.1 Å². The van der Waals surface area contributed by atoms with Crippen molar-refractivity contribution < 1.29 is 18.3 Å². The number of rotatable bonds is 6. The molecule has 6 heteroatoms. The Morgan fingerprint density at radius 1 is 1.27 bits per heavy atom. The first-order valence-electron chi connectivity index (χ1n) is 10.3. The lowest BCUT2D eigenvalue weighted by Gasteiger charge is -2.17. The SMILES string of the molecule is CC(C)C1=C2[C@@H](CC/C(=C/c3cccc(O)c3)c3ccccn3)OC[C@@H]2S(=O)(=O)C1. The van der Waals surface area contributed by atoms with E-state index in [1.54, 1.807) is 18.3 Å². The summed E-state index contributed by atoms with van der Waals surface area (Å²) in [4.78, 5) is 4.50. The van der Waals surface area contributed by atoms with Crippen LogP contribution >= 0.6 is 0 Å². The molecule has 2 aliphatic rings. The smallest absolute Gasteiger partial charge is 0.163 e. The monoisotopic (exact) mass is 425 g/mol. The number of fused-ring (bicyclic) bond motifs is 1. The van der Waals surface area contributed by atoms with Crippen LogP contribution in [0, 0.1) is 5.92 Å². The summed E-state index contributed by atoms with van der Waals surface area (Å²) in [5, 5.41) is 9.33. The summed E-state index contributed by atoms with van der Waals surface area (Å²) in [5.74, 6) is 0.576. The van der Waals surface area contributed by atoms with Gasteiger partial charge in [0.15, 0.2) is 9.84 Å². The first kappa shape index (κ1) is 20.8. The van der Waals surface area contributed by atoms with Crippen molar-refractivity contribution in [1.82, 2.24) is 4.98 Å². The van der Waals surface area contributed by atoms with Crippen molar-refractivity contribution >= 4 is 21.5 Å². The van der Waals surface area contributed by atoms with E-state index in [0.717, 1.165) is 28.0 Å². The summed E-state index contributed by atoms with van der Waals surface area (Å²) in [5.41, 5.74) is 4.81. The minimum Gasteiger partial charge on any atom is -0.508 e. The van der Waals surface area contributed by atoms with Gasteiger partial charge in [-0.3, -0.25) is 4.98 Å². The maximum atomic E-state index is 12.6. The Morgan fingerprint density at radius 3 is 2.80 bits per heavy atom. The van der Waals surface area contributed by atoms with Crippen LogP contribution in [-0.4, -0.2) is 42.2 Å². The van der Waals surface area contributed by atoms with Gasteiger partial charge in [0.2, 0.25) is 0 Å². The fraction of sp³-hybridized carbons (Fsp3) is 0.375. The average molecular weight is 426 g/mol. The second-order valence-corrected chi connectivity index (χ2v) is 10.5. The molecule has 30 heavy (non-hydrogen) atoms. The van der Waals surface area contributed by atoms with Crippen molar-refractivity contribution in [2.45, 2.75) is 38.0 Å². The highest BCUT2D eigenvalue weighted by Crippen LogP contribution is 2.41. The van der Waals surface area contributed by atoms with Crippen LogP contribution in [0.5, 0.6) is 5.75 Å². The van der Waals surface area contributed by atoms with Crippen molar-refractivity contribution in [3.05, 3.63) is 71.1 Å². The zero-order valence-electron chi connectivity index (χ0n) is 17.3. The lowest BCUT2D eigenvalue weighted by atomic mass is 9.91. The molecule has 3 heterocycles. The molecule has 0 spiro atoms. The predicted octanol–water partition coefficient (Wildman–Crippen LogP) is 4.26. The highest BCUT2D eigenvalue weighted by atomic mass is 32.2. The molecule has 1 fully saturated rings. The first-order valence-corrected chi connectivity index (χ1v) is 12.0. The molecule has 1 aromatic carbocycles. The normalized spacial score (nSPS) is 23.2. The van der Waals surface area contributed by atoms with Crippen LogP contribution in [0.2, 0.25) is 0 Å². The van der Waals surface area contributed by atoms with Crippen molar-refractivity contribution in [2.24, 2.45) is 5.92 Å². The molecule has 0 saturated carbocycles. The largest absolute Gasteiger partial charge is 0.508 e. The molecule has 0 unspecified atom stereocenters. The number of benzene rings is 1. The predicted molar refractivity (Wildman–Crippen MR) is 119 cm³/mol. The maximum absolute atomic E-state index is 12.6. The van der Waals surface area contributed by atoms with E-state index in [9.17, 15) is 13.5 Å². The molecule has 2 aliphatic heterocycles. The number of sulfone groups is 1. The number of hydrogen-bond donors (Lipinski definition) is 1. The molecule has 1 saturated heterocycles. The number of aromatic hydroxyl groups is 1. The maximum Gasteiger partial charge on any atom is 0.163 e. The van der Waals surface area contributed by atoms with Crippen LogP contribution in [0.25, 0.3) is 11.6 Å². The number of nitrogens with zero attached hydrogens (tertiary/aromatic N) is 1. The molecule has 1 N–H and O–H groups in total. The third-order valence-electron chi connectivity index (χ3n) is 5.88. The van der Waals surface area contributed by atoms with Crippen LogP contribution in [0.15, 0.2) is 59.8 Å². The summed E-state index contributed by atoms with van der Waals surface area (Å²) in [6.45, 7) is 4.36. The minimum absolute atomic E-state index is 0.163. The van der Waals surface area contributed by atoms with E-state index >= 15 is 0 Å². The standard InChI is InChI=1S/C24H27NO4S/c1-16(2)20-15-30(27,28)23-14-29-22(24(20)23)10-9-18(21-8-3-4-11-25-21)12-17-6-5-7-19(26)13-17/h3-8,11-13,16,22-23,26H,9-10,14-15H2,1-2H3/b18-12-/t22-,23+/m1/s1. The van der Waals surface area contributed by atoms with E-state index in [2.05, 4.69) is 18.8 Å². The fourth-order valence-corrected chi connectivity index (χ4v) is 6.48. The summed E-state index contributed by atoms with van der Waals surface area (Å²) in [7, 11) is -3.15. The van der Waals surface area contributed by atoms with Crippen LogP contribution in [-0.2, 0) is 14.6 Å². The van der Waals surface area contributed by atoms with Crippen molar-refractivity contribution in [3.63, 3.8) is 0 Å². The molecule has 0 radical (unpaired) electrons. The van der Waals surface area contributed by atoms with Crippen molar-refractivity contribution in [1.29, 1.82) is 0 Å². The van der Waals surface area contributed by atoms with Gasteiger partial charge in [-0.05, 0) is 71.4 Å². The quantitative estimate of drug-likeness (QED) is 0.700. The first-order chi connectivity index (χ1) is 14.3. The number of pyridine rings is 1. The molecule has 0 aliphatic carbocycles. The van der Waals surface area contributed by atoms with E-state index in [4.69, 9.17) is 4.74 Å². The molecule has 4 rings (SSSR count). The number of phenols is 1. The van der Waals surface area contributed by atoms with Gasteiger partial charge in [0, 0.05) is 6.20 Å². The van der Waals surface area contributed by atoms with Gasteiger partial charge in [-0.25, -0.2) is 8.42 Å². The Morgan fingerprint density at radius 2 is 2.10 bits per heavy atom. The van der Waals surface area contributed by atoms with E-state index in [1.807, 2.05) is 36.4 Å². The Kier molecular flexibility index (Phi) is 5.80. The molecule has 0 bridgehead atoms. The van der Waals surface area contributed by atoms with Crippen LogP contribution in [0.1, 0.15) is 37.9 Å². The van der Waals surface area contributed by atoms with E-state index in [0.29, 0.717) is 12.8 Å². The number of hydrogen-bond acceptors (Lipinski definition) is 5. The van der Waals surface area contributed by atoms with E-state index < -0.39 is 15.1 Å². The average Bonchev–Trinajstić information content (AvgIpc) is 3.25. The number of ether oxygens (including phenoxy) is 1. The second-order valence-electron chi connectivity index (χ2n) is 8.27. The summed E-state index contributed by atoms with van der Waals surface area (Å²) >= 11 is 0. The summed E-state index contributed by atoms with van der Waals surface area (Å²) in [6, 6.07) is 12.9. The molecule has 5 nitrogen and oxygen atoms in total. The third-order valence-corrected chi connectivity index (χ3v) is 7.85. The Hall–Kier alpha value is -2.44. The number of phenolic OH excluding ortho intramolecular Hbond substituents is 1. The van der Waals surface area contributed by atoms with Gasteiger partial charge < -0.3 is 9.84 Å². The lowest BCUT2D eigenvalue weighted by molar-refractivity contribution is 0.118. The minimum atomic E-state index is -3.15. The van der Waals surface area contributed by atoms with Crippen molar-refractivity contribution in [2.75, 3.05) is 12.4 Å². The fourth-order valence-electron chi connectivity index (χ4n) is 4.37. The van der Waals surface area contributed by atoms with Crippen LogP contribution < -0.4 is 0 Å². The van der Waals surface area contributed by atoms with Crippen LogP contribution in [0.4, 0.5) is 0 Å². The second kappa shape index (κ2) is 8.36. The molecule has 158 valence electrons.